The molecule has 0 aromatic heterocycles. The Balaban J connectivity index is 5.26. The van der Waals surface area contributed by atoms with Gasteiger partial charge in [-0.1, -0.05) is 287 Å². The maximum Gasteiger partial charge on any atom is 0.472 e. The van der Waals surface area contributed by atoms with Gasteiger partial charge in [0.05, 0.1) is 26.4 Å². The van der Waals surface area contributed by atoms with Gasteiger partial charge in [-0.15, -0.1) is 0 Å². The Morgan fingerprint density at radius 2 is 0.545 bits per heavy atom. The summed E-state index contributed by atoms with van der Waals surface area (Å²) >= 11 is 0. The van der Waals surface area contributed by atoms with Gasteiger partial charge in [0.25, 0.3) is 0 Å². The lowest BCUT2D eigenvalue weighted by atomic mass is 9.99. The molecular weight excluding hydrogens is 1160 g/mol. The third kappa shape index (κ3) is 61.6. The molecule has 0 aliphatic heterocycles. The highest BCUT2D eigenvalue weighted by atomic mass is 31.2. The van der Waals surface area contributed by atoms with Crippen molar-refractivity contribution in [3.63, 3.8) is 0 Å². The van der Waals surface area contributed by atoms with Crippen LogP contribution in [-0.2, 0) is 65.4 Å². The third-order valence-corrected chi connectivity index (χ3v) is 18.1. The second-order valence-electron chi connectivity index (χ2n) is 26.6. The van der Waals surface area contributed by atoms with E-state index in [0.717, 1.165) is 114 Å². The number of carbonyl (C=O) groups excluding carboxylic acids is 4. The minimum absolute atomic E-state index is 0.104. The van der Waals surface area contributed by atoms with Crippen LogP contribution in [0.25, 0.3) is 0 Å². The van der Waals surface area contributed by atoms with Crippen molar-refractivity contribution in [3.8, 4) is 0 Å². The van der Waals surface area contributed by atoms with Crippen LogP contribution >= 0.6 is 15.6 Å². The van der Waals surface area contributed by atoms with Crippen LogP contribution in [0.5, 0.6) is 0 Å². The zero-order valence-corrected chi connectivity index (χ0v) is 59.1. The molecule has 0 aliphatic rings. The number of esters is 4. The van der Waals surface area contributed by atoms with Crippen molar-refractivity contribution in [2.24, 2.45) is 23.7 Å². The van der Waals surface area contributed by atoms with E-state index in [2.05, 4.69) is 55.4 Å². The second kappa shape index (κ2) is 58.8. The fourth-order valence-electron chi connectivity index (χ4n) is 10.3. The van der Waals surface area contributed by atoms with Gasteiger partial charge in [-0.05, 0) is 49.4 Å². The number of rotatable bonds is 66. The summed E-state index contributed by atoms with van der Waals surface area (Å²) in [5.41, 5.74) is 0. The molecule has 6 atom stereocenters. The molecule has 0 fully saturated rings. The number of aliphatic hydroxyl groups excluding tert-OH is 1. The van der Waals surface area contributed by atoms with Crippen LogP contribution in [0.2, 0.25) is 0 Å². The zero-order valence-electron chi connectivity index (χ0n) is 57.3. The maximum absolute atomic E-state index is 13.0. The minimum atomic E-state index is -4.95. The fourth-order valence-corrected chi connectivity index (χ4v) is 11.9. The van der Waals surface area contributed by atoms with Crippen molar-refractivity contribution in [2.45, 2.75) is 356 Å². The largest absolute Gasteiger partial charge is 0.472 e. The molecule has 3 unspecified atom stereocenters. The van der Waals surface area contributed by atoms with E-state index in [1.54, 1.807) is 0 Å². The maximum atomic E-state index is 13.0. The normalized spacial score (nSPS) is 14.6. The zero-order chi connectivity index (χ0) is 65.4. The summed E-state index contributed by atoms with van der Waals surface area (Å²) in [6.45, 7) is 14.1. The summed E-state index contributed by atoms with van der Waals surface area (Å²) in [4.78, 5) is 72.5. The quantitative estimate of drug-likeness (QED) is 0.0222. The van der Waals surface area contributed by atoms with Crippen LogP contribution in [0.3, 0.4) is 0 Å². The van der Waals surface area contributed by atoms with Gasteiger partial charge >= 0.3 is 39.5 Å². The Morgan fingerprint density at radius 1 is 0.318 bits per heavy atom. The van der Waals surface area contributed by atoms with Crippen LogP contribution in [-0.4, -0.2) is 96.7 Å². The molecular formula is C69H134O17P2. The predicted octanol–water partition coefficient (Wildman–Crippen LogP) is 19.3. The van der Waals surface area contributed by atoms with E-state index >= 15 is 0 Å². The average molecular weight is 1300 g/mol. The summed E-state index contributed by atoms with van der Waals surface area (Å²) in [7, 11) is -9.90. The molecule has 0 amide bonds. The number of phosphoric acid groups is 2. The monoisotopic (exact) mass is 1300 g/mol. The highest BCUT2D eigenvalue weighted by molar-refractivity contribution is 7.47. The molecule has 88 heavy (non-hydrogen) atoms. The molecule has 17 nitrogen and oxygen atoms in total. The van der Waals surface area contributed by atoms with E-state index in [1.807, 2.05) is 0 Å². The third-order valence-electron chi connectivity index (χ3n) is 16.2. The van der Waals surface area contributed by atoms with Gasteiger partial charge in [0.2, 0.25) is 0 Å². The number of hydrogen-bond acceptors (Lipinski definition) is 15. The Hall–Kier alpha value is -1.94. The van der Waals surface area contributed by atoms with Crippen LogP contribution in [0.4, 0.5) is 0 Å². The van der Waals surface area contributed by atoms with E-state index in [1.165, 1.54) is 135 Å². The van der Waals surface area contributed by atoms with Crippen molar-refractivity contribution in [1.82, 2.24) is 0 Å². The molecule has 0 radical (unpaired) electrons. The van der Waals surface area contributed by atoms with Gasteiger partial charge in [-0.25, -0.2) is 9.13 Å². The first-order valence-corrected chi connectivity index (χ1v) is 38.7. The number of phosphoric ester groups is 2. The van der Waals surface area contributed by atoms with Crippen molar-refractivity contribution in [2.75, 3.05) is 39.6 Å². The first-order chi connectivity index (χ1) is 42.1. The summed E-state index contributed by atoms with van der Waals surface area (Å²) < 4.78 is 68.2. The van der Waals surface area contributed by atoms with Gasteiger partial charge in [-0.2, -0.15) is 0 Å². The molecule has 522 valence electrons. The molecule has 0 heterocycles. The molecule has 0 aliphatic carbocycles. The Labute approximate surface area is 537 Å². The van der Waals surface area contributed by atoms with E-state index in [0.29, 0.717) is 31.6 Å². The first-order valence-electron chi connectivity index (χ1n) is 35.7. The predicted molar refractivity (Wildman–Crippen MR) is 354 cm³/mol. The van der Waals surface area contributed by atoms with Crippen molar-refractivity contribution in [3.05, 3.63) is 0 Å². The number of carbonyl (C=O) groups is 4. The smallest absolute Gasteiger partial charge is 0.462 e. The van der Waals surface area contributed by atoms with Crippen LogP contribution in [0.1, 0.15) is 338 Å². The Bertz CT molecular complexity index is 1750. The van der Waals surface area contributed by atoms with Crippen molar-refractivity contribution < 1.29 is 80.2 Å². The molecule has 0 aromatic rings. The Kier molecular flexibility index (Phi) is 57.6. The number of ether oxygens (including phenoxy) is 4. The van der Waals surface area contributed by atoms with Crippen molar-refractivity contribution in [1.29, 1.82) is 0 Å². The van der Waals surface area contributed by atoms with Gasteiger partial charge in [0.1, 0.15) is 19.3 Å². The molecule has 0 spiro atoms. The lowest BCUT2D eigenvalue weighted by Gasteiger charge is -2.21. The molecule has 0 saturated heterocycles. The van der Waals surface area contributed by atoms with Crippen LogP contribution in [0, 0.1) is 23.7 Å². The standard InChI is InChI=1S/C69H134O17P2/c1-9-62(8)48-40-32-23-17-11-13-19-25-35-43-51-68(73)85-64(55-79-66(71)49-41-33-24-18-12-10-15-21-29-37-45-59(2)3)57-83-87(75,76)81-53-63(70)54-82-88(77,78)84-58-65(56-80-67(72)50-42-34-28-27-31-39-47-61(6)7)86-69(74)52-44-36-26-20-14-16-22-30-38-46-60(4)5/h59-65,70H,9-58H2,1-8H3,(H,75,76)(H,77,78)/t62?,63-,64-,65-/m1/s1. The van der Waals surface area contributed by atoms with Gasteiger partial charge in [0, 0.05) is 25.7 Å². The second-order valence-corrected chi connectivity index (χ2v) is 29.5. The lowest BCUT2D eigenvalue weighted by molar-refractivity contribution is -0.161. The summed E-state index contributed by atoms with van der Waals surface area (Å²) in [5, 5.41) is 10.6. The minimum Gasteiger partial charge on any atom is -0.462 e. The van der Waals surface area contributed by atoms with Gasteiger partial charge in [0.15, 0.2) is 12.2 Å². The highest BCUT2D eigenvalue weighted by Gasteiger charge is 2.30. The SMILES string of the molecule is CCC(C)CCCCCCCCCCCCC(=O)O[C@H](COC(=O)CCCCCCCCCCCCC(C)C)COP(=O)(O)OC[C@@H](O)COP(=O)(O)OC[C@@H](COC(=O)CCCCCCCCC(C)C)OC(=O)CCCCCCCCCCCC(C)C. The van der Waals surface area contributed by atoms with Crippen LogP contribution < -0.4 is 0 Å². The molecule has 0 bridgehead atoms. The Morgan fingerprint density at radius 3 is 0.807 bits per heavy atom. The molecule has 0 saturated carbocycles. The first kappa shape index (κ1) is 86.1. The number of aliphatic hydroxyl groups is 1. The van der Waals surface area contributed by atoms with E-state index in [9.17, 15) is 43.2 Å². The summed E-state index contributed by atoms with van der Waals surface area (Å²) in [5.74, 6) is 0.845. The summed E-state index contributed by atoms with van der Waals surface area (Å²) in [6, 6.07) is 0. The van der Waals surface area contributed by atoms with E-state index in [-0.39, 0.29) is 25.7 Å². The molecule has 19 heteroatoms. The molecule has 0 aromatic carbocycles. The molecule has 3 N–H and O–H groups in total. The lowest BCUT2D eigenvalue weighted by Crippen LogP contribution is -2.30. The highest BCUT2D eigenvalue weighted by Crippen LogP contribution is 2.45. The fraction of sp³-hybridized carbons (Fsp3) is 0.942. The van der Waals surface area contributed by atoms with Crippen molar-refractivity contribution >= 4 is 39.5 Å². The number of hydrogen-bond donors (Lipinski definition) is 3. The van der Waals surface area contributed by atoms with Gasteiger partial charge < -0.3 is 33.8 Å². The summed E-state index contributed by atoms with van der Waals surface area (Å²) in [6.07, 6.45) is 40.4. The number of unbranched alkanes of at least 4 members (excludes halogenated alkanes) is 31. The molecule has 0 rings (SSSR count). The average Bonchev–Trinajstić information content (AvgIpc) is 3.56. The van der Waals surface area contributed by atoms with E-state index < -0.39 is 97.5 Å². The van der Waals surface area contributed by atoms with Crippen LogP contribution in [0.15, 0.2) is 0 Å². The van der Waals surface area contributed by atoms with Gasteiger partial charge in [-0.3, -0.25) is 37.3 Å². The topological polar surface area (TPSA) is 237 Å². The van der Waals surface area contributed by atoms with E-state index in [4.69, 9.17) is 37.0 Å².